The Balaban J connectivity index is 0.000000186. The van der Waals surface area contributed by atoms with E-state index in [1.165, 1.54) is 17.8 Å². The highest BCUT2D eigenvalue weighted by molar-refractivity contribution is 7.99. The molecule has 1 N–H and O–H groups in total. The summed E-state index contributed by atoms with van der Waals surface area (Å²) in [5.41, 5.74) is -4.78. The summed E-state index contributed by atoms with van der Waals surface area (Å²) in [6.07, 6.45) is 1.38. The maximum Gasteiger partial charge on any atom is 0.534 e. The van der Waals surface area contributed by atoms with Gasteiger partial charge in [-0.1, -0.05) is 0 Å². The number of aromatic amines is 1. The fraction of sp³-hybridized carbons (Fsp3) is 0.333. The molecule has 2 aliphatic heterocycles. The van der Waals surface area contributed by atoms with Gasteiger partial charge in [-0.3, -0.25) is 4.79 Å². The number of thioether (sulfide) groups is 2. The number of pyridine rings is 2. The topological polar surface area (TPSA) is 89.1 Å². The van der Waals surface area contributed by atoms with E-state index >= 15 is 0 Å². The predicted octanol–water partition coefficient (Wildman–Crippen LogP) is 3.26. The number of hydrogen-bond donors (Lipinski definition) is 1. The van der Waals surface area contributed by atoms with E-state index in [-0.39, 0.29) is 5.03 Å². The zero-order chi connectivity index (χ0) is 21.4. The zero-order valence-electron chi connectivity index (χ0n) is 14.2. The third-order valence-electron chi connectivity index (χ3n) is 3.72. The first-order chi connectivity index (χ1) is 13.5. The van der Waals surface area contributed by atoms with Gasteiger partial charge in [0.1, 0.15) is 5.03 Å². The summed E-state index contributed by atoms with van der Waals surface area (Å²) in [6, 6.07) is 2.26. The van der Waals surface area contributed by atoms with Crippen LogP contribution in [0.3, 0.4) is 0 Å². The van der Waals surface area contributed by atoms with Crippen LogP contribution in [0.5, 0.6) is 5.88 Å². The molecule has 158 valence electrons. The molecule has 4 heterocycles. The number of nitrogens with zero attached hydrogens (tertiary/aromatic N) is 1. The summed E-state index contributed by atoms with van der Waals surface area (Å²) in [5.74, 6) is -1.54. The van der Waals surface area contributed by atoms with Gasteiger partial charge in [0.25, 0.3) is 11.4 Å². The number of fused-ring (bicyclic) bond motifs is 2. The summed E-state index contributed by atoms with van der Waals surface area (Å²) >= 11 is 2.76. The molecule has 14 heteroatoms. The van der Waals surface area contributed by atoms with Crippen LogP contribution in [0.2, 0.25) is 0 Å². The van der Waals surface area contributed by atoms with Crippen molar-refractivity contribution in [3.63, 3.8) is 0 Å². The number of aromatic nitrogens is 2. The van der Waals surface area contributed by atoms with E-state index in [2.05, 4.69) is 14.2 Å². The Morgan fingerprint density at radius 2 is 1.66 bits per heavy atom. The lowest BCUT2D eigenvalue weighted by Gasteiger charge is -2.10. The van der Waals surface area contributed by atoms with Crippen LogP contribution in [0.25, 0.3) is 0 Å². The first-order valence-electron chi connectivity index (χ1n) is 7.85. The molecule has 0 bridgehead atoms. The lowest BCUT2D eigenvalue weighted by molar-refractivity contribution is -0.0502. The SMILES string of the molecule is O=S(=O)(Oc1nc2c(cc1F)CCS2)C(F)(F)F.O=c1[nH]c2c(cc1F)CCS2. The first-order valence-corrected chi connectivity index (χ1v) is 11.2. The van der Waals surface area contributed by atoms with Crippen LogP contribution in [0.1, 0.15) is 11.1 Å². The number of halogens is 5. The van der Waals surface area contributed by atoms with Crippen molar-refractivity contribution >= 4 is 33.6 Å². The van der Waals surface area contributed by atoms with Gasteiger partial charge in [0.05, 0.1) is 5.03 Å². The van der Waals surface area contributed by atoms with Crippen LogP contribution in [-0.4, -0.2) is 35.4 Å². The molecule has 0 aromatic carbocycles. The number of rotatable bonds is 2. The van der Waals surface area contributed by atoms with E-state index in [1.54, 1.807) is 11.8 Å². The van der Waals surface area contributed by atoms with Gasteiger partial charge in [-0.2, -0.15) is 21.6 Å². The Kier molecular flexibility index (Phi) is 6.15. The van der Waals surface area contributed by atoms with E-state index in [1.807, 2.05) is 0 Å². The molecule has 0 amide bonds. The monoisotopic (exact) mass is 474 g/mol. The number of hydrogen-bond acceptors (Lipinski definition) is 7. The van der Waals surface area contributed by atoms with Gasteiger partial charge < -0.3 is 9.17 Å². The standard InChI is InChI=1S/C8H5F4NO3S2.C7H6FNOS/c9-5-3-4-1-2-17-7(4)13-6(5)16-18(14,15)8(10,11)12;8-5-3-4-1-2-11-7(4)9-6(5)10/h3H,1-2H2;3H,1-2H2,(H,9,10). The van der Waals surface area contributed by atoms with Crippen molar-refractivity contribution in [3.05, 3.63) is 45.2 Å². The van der Waals surface area contributed by atoms with Gasteiger partial charge in [-0.25, -0.2) is 13.8 Å². The molecule has 6 nitrogen and oxygen atoms in total. The summed E-state index contributed by atoms with van der Waals surface area (Å²) in [4.78, 5) is 16.7. The highest BCUT2D eigenvalue weighted by Gasteiger charge is 2.49. The Hall–Kier alpha value is -1.80. The normalized spacial score (nSPS) is 15.3. The summed E-state index contributed by atoms with van der Waals surface area (Å²) in [6.45, 7) is 0. The third kappa shape index (κ3) is 4.86. The Bertz CT molecular complexity index is 1100. The van der Waals surface area contributed by atoms with E-state index in [0.29, 0.717) is 17.7 Å². The predicted molar refractivity (Wildman–Crippen MR) is 95.7 cm³/mol. The Labute approximate surface area is 169 Å². The molecule has 4 rings (SSSR count). The lowest BCUT2D eigenvalue weighted by atomic mass is 10.2. The molecule has 0 saturated carbocycles. The number of nitrogens with one attached hydrogen (secondary N) is 1. The van der Waals surface area contributed by atoms with E-state index in [4.69, 9.17) is 0 Å². The molecule has 29 heavy (non-hydrogen) atoms. The summed E-state index contributed by atoms with van der Waals surface area (Å²) < 4.78 is 87.2. The Morgan fingerprint density at radius 3 is 2.34 bits per heavy atom. The van der Waals surface area contributed by atoms with Crippen molar-refractivity contribution in [2.75, 3.05) is 11.5 Å². The van der Waals surface area contributed by atoms with E-state index in [0.717, 1.165) is 28.8 Å². The molecule has 0 unspecified atom stereocenters. The highest BCUT2D eigenvalue weighted by atomic mass is 32.2. The van der Waals surface area contributed by atoms with Crippen LogP contribution < -0.4 is 9.74 Å². The molecule has 2 aromatic heterocycles. The minimum Gasteiger partial charge on any atom is -0.352 e. The van der Waals surface area contributed by atoms with Gasteiger partial charge >= 0.3 is 15.6 Å². The number of alkyl halides is 3. The summed E-state index contributed by atoms with van der Waals surface area (Å²) in [7, 11) is -5.90. The van der Waals surface area contributed by atoms with Crippen molar-refractivity contribution in [2.45, 2.75) is 28.4 Å². The van der Waals surface area contributed by atoms with Gasteiger partial charge in [0.15, 0.2) is 11.6 Å². The van der Waals surface area contributed by atoms with E-state index in [9.17, 15) is 35.2 Å². The van der Waals surface area contributed by atoms with Gasteiger partial charge in [0, 0.05) is 11.5 Å². The van der Waals surface area contributed by atoms with Crippen LogP contribution in [0.4, 0.5) is 22.0 Å². The molecule has 0 saturated heterocycles. The average Bonchev–Trinajstić information content (AvgIpc) is 3.23. The zero-order valence-corrected chi connectivity index (χ0v) is 16.6. The third-order valence-corrected chi connectivity index (χ3v) is 6.76. The average molecular weight is 474 g/mol. The second kappa shape index (κ2) is 8.14. The fourth-order valence-corrected chi connectivity index (χ4v) is 4.84. The molecule has 2 aliphatic rings. The highest BCUT2D eigenvalue weighted by Crippen LogP contribution is 2.34. The van der Waals surface area contributed by atoms with Crippen molar-refractivity contribution < 1.29 is 34.6 Å². The number of aryl methyl sites for hydroxylation is 2. The molecule has 0 radical (unpaired) electrons. The van der Waals surface area contributed by atoms with Crippen molar-refractivity contribution in [3.8, 4) is 5.88 Å². The number of H-pyrrole nitrogens is 1. The first kappa shape index (κ1) is 21.9. The smallest absolute Gasteiger partial charge is 0.352 e. The summed E-state index contributed by atoms with van der Waals surface area (Å²) in [5, 5.41) is 1.11. The maximum atomic E-state index is 13.3. The van der Waals surface area contributed by atoms with Crippen LogP contribution >= 0.6 is 23.5 Å². The quantitative estimate of drug-likeness (QED) is 0.406. The molecule has 2 aromatic rings. The molecule has 0 atom stereocenters. The van der Waals surface area contributed by atoms with Crippen molar-refractivity contribution in [1.29, 1.82) is 0 Å². The molecule has 0 aliphatic carbocycles. The molecular weight excluding hydrogens is 463 g/mol. The van der Waals surface area contributed by atoms with Gasteiger partial charge in [0.2, 0.25) is 0 Å². The fourth-order valence-electron chi connectivity index (χ4n) is 2.37. The van der Waals surface area contributed by atoms with Crippen molar-refractivity contribution in [1.82, 2.24) is 9.97 Å². The minimum atomic E-state index is -5.90. The lowest BCUT2D eigenvalue weighted by Crippen LogP contribution is -2.28. The van der Waals surface area contributed by atoms with Gasteiger partial charge in [-0.05, 0) is 36.1 Å². The second-order valence-electron chi connectivity index (χ2n) is 5.72. The van der Waals surface area contributed by atoms with Crippen LogP contribution in [0.15, 0.2) is 27.0 Å². The van der Waals surface area contributed by atoms with E-state index < -0.39 is 38.7 Å². The van der Waals surface area contributed by atoms with Crippen molar-refractivity contribution in [2.24, 2.45) is 0 Å². The largest absolute Gasteiger partial charge is 0.534 e. The second-order valence-corrected chi connectivity index (χ2v) is 9.45. The van der Waals surface area contributed by atoms with Crippen LogP contribution in [0, 0.1) is 11.6 Å². The van der Waals surface area contributed by atoms with Crippen LogP contribution in [-0.2, 0) is 23.0 Å². The molecule has 0 spiro atoms. The molecular formula is C15H11F5N2O4S3. The minimum absolute atomic E-state index is 0.281. The maximum absolute atomic E-state index is 13.3. The Morgan fingerprint density at radius 1 is 1.03 bits per heavy atom. The molecule has 0 fully saturated rings. The van der Waals surface area contributed by atoms with Gasteiger partial charge in [-0.15, -0.1) is 23.5 Å².